The van der Waals surface area contributed by atoms with Crippen molar-refractivity contribution in [2.24, 2.45) is 5.92 Å². The van der Waals surface area contributed by atoms with Crippen LogP contribution in [0.5, 0.6) is 0 Å². The first kappa shape index (κ1) is 15.5. The van der Waals surface area contributed by atoms with E-state index < -0.39 is 24.0 Å². The highest BCUT2D eigenvalue weighted by molar-refractivity contribution is 5.76. The van der Waals surface area contributed by atoms with E-state index in [1.54, 1.807) is 13.8 Å². The summed E-state index contributed by atoms with van der Waals surface area (Å²) in [6, 6.07) is 0. The molecule has 0 heterocycles. The summed E-state index contributed by atoms with van der Waals surface area (Å²) in [6.07, 6.45) is 3.69. The molecule has 0 fully saturated rings. The summed E-state index contributed by atoms with van der Waals surface area (Å²) in [6.45, 7) is 3.74. The lowest BCUT2D eigenvalue weighted by molar-refractivity contribution is -0.154. The molecule has 0 aromatic heterocycles. The average Bonchev–Trinajstić information content (AvgIpc) is 2.26. The van der Waals surface area contributed by atoms with Crippen LogP contribution in [0.4, 0.5) is 0 Å². The first-order chi connectivity index (χ1) is 8.06. The molecule has 0 saturated carbocycles. The molecular weight excluding hydrogens is 224 g/mol. The Labute approximate surface area is 101 Å². The normalized spacial score (nSPS) is 13.3. The monoisotopic (exact) mass is 242 g/mol. The van der Waals surface area contributed by atoms with E-state index in [0.717, 1.165) is 0 Å². The molecule has 17 heavy (non-hydrogen) atoms. The summed E-state index contributed by atoms with van der Waals surface area (Å²) in [5.74, 6) is 0.237. The third kappa shape index (κ3) is 5.93. The molecule has 0 radical (unpaired) electrons. The number of aliphatic hydroxyl groups is 1. The fraction of sp³-hybridized carbons (Fsp3) is 0.667. The Bertz CT molecular complexity index is 292. The van der Waals surface area contributed by atoms with Gasteiger partial charge in [0.15, 0.2) is 0 Å². The van der Waals surface area contributed by atoms with Crippen molar-refractivity contribution in [1.29, 1.82) is 0 Å². The van der Waals surface area contributed by atoms with Crippen molar-refractivity contribution in [2.75, 3.05) is 13.2 Å². The average molecular weight is 242 g/mol. The van der Waals surface area contributed by atoms with Gasteiger partial charge in [-0.1, -0.05) is 0 Å². The van der Waals surface area contributed by atoms with Crippen LogP contribution < -0.4 is 0 Å². The van der Waals surface area contributed by atoms with Gasteiger partial charge in [-0.15, -0.1) is 12.3 Å². The third-order valence-corrected chi connectivity index (χ3v) is 2.07. The first-order valence-corrected chi connectivity index (χ1v) is 5.50. The predicted octanol–water partition coefficient (Wildman–Crippen LogP) is 0.503. The molecule has 0 aliphatic rings. The Morgan fingerprint density at radius 2 is 1.88 bits per heavy atom. The fourth-order valence-electron chi connectivity index (χ4n) is 1.29. The van der Waals surface area contributed by atoms with Crippen LogP contribution in [-0.2, 0) is 19.1 Å². The molecule has 0 rings (SSSR count). The van der Waals surface area contributed by atoms with Gasteiger partial charge in [0.25, 0.3) is 0 Å². The van der Waals surface area contributed by atoms with Gasteiger partial charge in [0.05, 0.1) is 31.7 Å². The number of hydrogen-bond donors (Lipinski definition) is 1. The van der Waals surface area contributed by atoms with E-state index >= 15 is 0 Å². The Hall–Kier alpha value is -1.54. The maximum atomic E-state index is 11.5. The van der Waals surface area contributed by atoms with Crippen molar-refractivity contribution in [3.63, 3.8) is 0 Å². The Kier molecular flexibility index (Phi) is 7.82. The number of terminal acetylenes is 1. The first-order valence-electron chi connectivity index (χ1n) is 5.50. The maximum Gasteiger partial charge on any atom is 0.312 e. The van der Waals surface area contributed by atoms with Gasteiger partial charge in [-0.3, -0.25) is 9.59 Å². The van der Waals surface area contributed by atoms with Crippen molar-refractivity contribution < 1.29 is 24.2 Å². The largest absolute Gasteiger partial charge is 0.466 e. The van der Waals surface area contributed by atoms with Crippen LogP contribution in [0.25, 0.3) is 0 Å². The maximum absolute atomic E-state index is 11.5. The lowest BCUT2D eigenvalue weighted by Gasteiger charge is -2.18. The smallest absolute Gasteiger partial charge is 0.312 e. The van der Waals surface area contributed by atoms with E-state index in [2.05, 4.69) is 10.7 Å². The molecule has 1 N–H and O–H groups in total. The van der Waals surface area contributed by atoms with E-state index in [-0.39, 0.29) is 26.1 Å². The zero-order valence-corrected chi connectivity index (χ0v) is 10.1. The number of carbonyl (C=O) groups is 2. The van der Waals surface area contributed by atoms with Gasteiger partial charge in [0.2, 0.25) is 0 Å². The minimum Gasteiger partial charge on any atom is -0.466 e. The summed E-state index contributed by atoms with van der Waals surface area (Å²) in [5, 5.41) is 9.74. The lowest BCUT2D eigenvalue weighted by atomic mass is 9.96. The van der Waals surface area contributed by atoms with Crippen LogP contribution in [0.1, 0.15) is 26.7 Å². The summed E-state index contributed by atoms with van der Waals surface area (Å²) in [5.41, 5.74) is 0. The second-order valence-electron chi connectivity index (χ2n) is 3.34. The van der Waals surface area contributed by atoms with Crippen molar-refractivity contribution in [1.82, 2.24) is 0 Å². The lowest BCUT2D eigenvalue weighted by Crippen LogP contribution is -2.32. The van der Waals surface area contributed by atoms with Crippen LogP contribution >= 0.6 is 0 Å². The standard InChI is InChI=1S/C12H18O5/c1-4-7-9(12(15)17-6-3)10(13)8-11(14)16-5-2/h1,9-10,13H,5-8H2,2-3H3/t9-,10+/m1/s1. The van der Waals surface area contributed by atoms with Crippen LogP contribution in [-0.4, -0.2) is 36.4 Å². The van der Waals surface area contributed by atoms with Crippen molar-refractivity contribution in [3.05, 3.63) is 0 Å². The second-order valence-corrected chi connectivity index (χ2v) is 3.34. The molecule has 0 saturated heterocycles. The summed E-state index contributed by atoms with van der Waals surface area (Å²) in [4.78, 5) is 22.6. The molecule has 0 amide bonds. The quantitative estimate of drug-likeness (QED) is 0.520. The van der Waals surface area contributed by atoms with E-state index in [4.69, 9.17) is 11.2 Å². The zero-order chi connectivity index (χ0) is 13.3. The highest BCUT2D eigenvalue weighted by atomic mass is 16.5. The van der Waals surface area contributed by atoms with Crippen LogP contribution in [0.2, 0.25) is 0 Å². The molecule has 0 aromatic carbocycles. The Morgan fingerprint density at radius 1 is 1.29 bits per heavy atom. The number of aliphatic hydroxyl groups excluding tert-OH is 1. The molecule has 0 aliphatic heterocycles. The highest BCUT2D eigenvalue weighted by Crippen LogP contribution is 2.14. The van der Waals surface area contributed by atoms with Crippen molar-refractivity contribution >= 4 is 11.9 Å². The summed E-state index contributed by atoms with van der Waals surface area (Å²) < 4.78 is 9.45. The number of ether oxygens (including phenoxy) is 2. The molecular formula is C12H18O5. The van der Waals surface area contributed by atoms with E-state index in [1.807, 2.05) is 0 Å². The van der Waals surface area contributed by atoms with Gasteiger partial charge in [-0.05, 0) is 13.8 Å². The minimum absolute atomic E-state index is 0.0272. The topological polar surface area (TPSA) is 72.8 Å². The van der Waals surface area contributed by atoms with E-state index in [9.17, 15) is 14.7 Å². The summed E-state index contributed by atoms with van der Waals surface area (Å²) in [7, 11) is 0. The highest BCUT2D eigenvalue weighted by Gasteiger charge is 2.29. The molecule has 0 unspecified atom stereocenters. The predicted molar refractivity (Wildman–Crippen MR) is 60.8 cm³/mol. The molecule has 96 valence electrons. The van der Waals surface area contributed by atoms with Crippen LogP contribution in [0.15, 0.2) is 0 Å². The molecule has 0 bridgehead atoms. The van der Waals surface area contributed by atoms with Gasteiger partial charge in [-0.2, -0.15) is 0 Å². The van der Waals surface area contributed by atoms with Crippen molar-refractivity contribution in [3.8, 4) is 12.3 Å². The van der Waals surface area contributed by atoms with Crippen LogP contribution in [0.3, 0.4) is 0 Å². The number of rotatable bonds is 7. The number of carbonyl (C=O) groups excluding carboxylic acids is 2. The molecule has 0 aromatic rings. The molecule has 0 spiro atoms. The molecule has 5 heteroatoms. The van der Waals surface area contributed by atoms with Crippen molar-refractivity contribution in [2.45, 2.75) is 32.8 Å². The third-order valence-electron chi connectivity index (χ3n) is 2.07. The molecule has 0 aliphatic carbocycles. The molecule has 2 atom stereocenters. The Morgan fingerprint density at radius 3 is 2.35 bits per heavy atom. The number of hydrogen-bond acceptors (Lipinski definition) is 5. The SMILES string of the molecule is C#CC[C@@H](C(=O)OCC)[C@@H](O)CC(=O)OCC. The van der Waals surface area contributed by atoms with Gasteiger partial charge in [0.1, 0.15) is 0 Å². The van der Waals surface area contributed by atoms with Gasteiger partial charge in [0, 0.05) is 6.42 Å². The van der Waals surface area contributed by atoms with E-state index in [0.29, 0.717) is 0 Å². The second kappa shape index (κ2) is 8.59. The molecule has 5 nitrogen and oxygen atoms in total. The minimum atomic E-state index is -1.18. The van der Waals surface area contributed by atoms with Gasteiger partial charge < -0.3 is 14.6 Å². The Balaban J connectivity index is 4.43. The van der Waals surface area contributed by atoms with E-state index in [1.165, 1.54) is 0 Å². The van der Waals surface area contributed by atoms with Gasteiger partial charge >= 0.3 is 11.9 Å². The summed E-state index contributed by atoms with van der Waals surface area (Å²) >= 11 is 0. The van der Waals surface area contributed by atoms with Gasteiger partial charge in [-0.25, -0.2) is 0 Å². The fourth-order valence-corrected chi connectivity index (χ4v) is 1.29. The number of esters is 2. The van der Waals surface area contributed by atoms with Crippen LogP contribution in [0, 0.1) is 18.3 Å². The zero-order valence-electron chi connectivity index (χ0n) is 10.1.